The number of nitrogens with one attached hydrogen (secondary N) is 2. The highest BCUT2D eigenvalue weighted by molar-refractivity contribution is 7.17. The Hall–Kier alpha value is -2.41. The Morgan fingerprint density at radius 1 is 1.00 bits per heavy atom. The van der Waals surface area contributed by atoms with E-state index in [2.05, 4.69) is 29.5 Å². The highest BCUT2D eigenvalue weighted by atomic mass is 32.1. The molecule has 0 unspecified atom stereocenters. The molecule has 0 aliphatic heterocycles. The van der Waals surface area contributed by atoms with Crippen LogP contribution in [0.15, 0.2) is 24.3 Å². The lowest BCUT2D eigenvalue weighted by Gasteiger charge is -2.21. The predicted molar refractivity (Wildman–Crippen MR) is 116 cm³/mol. The van der Waals surface area contributed by atoms with Crippen molar-refractivity contribution in [1.82, 2.24) is 9.88 Å². The summed E-state index contributed by atoms with van der Waals surface area (Å²) in [7, 11) is 0. The second-order valence-electron chi connectivity index (χ2n) is 6.88. The van der Waals surface area contributed by atoms with Crippen molar-refractivity contribution in [2.24, 2.45) is 0 Å². The van der Waals surface area contributed by atoms with Gasteiger partial charge in [-0.3, -0.25) is 10.1 Å². The molecule has 2 rings (SSSR count). The summed E-state index contributed by atoms with van der Waals surface area (Å²) in [5.74, 6) is 0.00360. The fourth-order valence-corrected chi connectivity index (χ4v) is 3.63. The minimum Gasteiger partial charge on any atom is -0.338 e. The molecule has 0 spiro atoms. The van der Waals surface area contributed by atoms with E-state index < -0.39 is 0 Å². The Labute approximate surface area is 171 Å². The van der Waals surface area contributed by atoms with Crippen molar-refractivity contribution in [3.05, 3.63) is 40.4 Å². The number of thiazole rings is 1. The Morgan fingerprint density at radius 3 is 2.18 bits per heavy atom. The zero-order chi connectivity index (χ0) is 20.5. The number of nitrogens with zero attached hydrogens (tertiary/aromatic N) is 2. The van der Waals surface area contributed by atoms with Crippen LogP contribution in [0.2, 0.25) is 0 Å². The molecule has 1 heterocycles. The average molecular weight is 403 g/mol. The first-order valence-electron chi connectivity index (χ1n) is 9.86. The van der Waals surface area contributed by atoms with Crippen molar-refractivity contribution in [2.75, 3.05) is 23.7 Å². The number of hydrogen-bond donors (Lipinski definition) is 2. The highest BCUT2D eigenvalue weighted by Gasteiger charge is 2.21. The molecule has 3 amide bonds. The third-order valence-electron chi connectivity index (χ3n) is 4.37. The maximum Gasteiger partial charge on any atom is 0.325 e. The Balaban J connectivity index is 2.04. The molecule has 0 aliphatic carbocycles. The molecule has 0 saturated carbocycles. The third kappa shape index (κ3) is 6.34. The Bertz CT molecular complexity index is 778. The number of unbranched alkanes of at least 4 members (excludes halogenated alkanes) is 2. The quantitative estimate of drug-likeness (QED) is 0.586. The van der Waals surface area contributed by atoms with Crippen molar-refractivity contribution < 1.29 is 9.59 Å². The van der Waals surface area contributed by atoms with E-state index in [9.17, 15) is 9.59 Å². The average Bonchev–Trinajstić information content (AvgIpc) is 3.03. The van der Waals surface area contributed by atoms with Crippen molar-refractivity contribution in [3.63, 3.8) is 0 Å². The van der Waals surface area contributed by atoms with Gasteiger partial charge < -0.3 is 10.2 Å². The van der Waals surface area contributed by atoms with Crippen molar-refractivity contribution >= 4 is 34.1 Å². The van der Waals surface area contributed by atoms with E-state index in [-0.39, 0.29) is 11.9 Å². The summed E-state index contributed by atoms with van der Waals surface area (Å²) in [5, 5.41) is 5.94. The standard InChI is InChI=1S/C21H30N4O2S/c1-5-7-13-25(14-8-6-2)19(26)18-16(4)22-21(28-18)24-20(27)23-17-11-9-15(3)10-12-17/h9-12H,5-8,13-14H2,1-4H3,(H2,22,23,24,27). The molecule has 28 heavy (non-hydrogen) atoms. The van der Waals surface area contributed by atoms with E-state index in [1.54, 1.807) is 0 Å². The molecule has 0 radical (unpaired) electrons. The number of carbonyl (C=O) groups excluding carboxylic acids is 2. The first kappa shape index (κ1) is 21.9. The summed E-state index contributed by atoms with van der Waals surface area (Å²) in [6.07, 6.45) is 4.06. The van der Waals surface area contributed by atoms with Crippen LogP contribution in [-0.2, 0) is 0 Å². The SMILES string of the molecule is CCCCN(CCCC)C(=O)c1sc(NC(=O)Nc2ccc(C)cc2)nc1C. The maximum atomic E-state index is 13.0. The second-order valence-corrected chi connectivity index (χ2v) is 7.88. The second kappa shape index (κ2) is 10.8. The number of hydrogen-bond acceptors (Lipinski definition) is 4. The number of carbonyl (C=O) groups is 2. The number of anilines is 2. The minimum absolute atomic E-state index is 0.00360. The molecule has 0 atom stereocenters. The zero-order valence-electron chi connectivity index (χ0n) is 17.2. The molecule has 7 heteroatoms. The van der Waals surface area contributed by atoms with Gasteiger partial charge in [0.15, 0.2) is 5.13 Å². The molecule has 2 aromatic rings. The van der Waals surface area contributed by atoms with Gasteiger partial charge in [0.2, 0.25) is 0 Å². The van der Waals surface area contributed by atoms with Crippen LogP contribution in [0.3, 0.4) is 0 Å². The van der Waals surface area contributed by atoms with E-state index in [0.717, 1.165) is 44.3 Å². The molecule has 0 fully saturated rings. The summed E-state index contributed by atoms with van der Waals surface area (Å²) in [4.78, 5) is 32.1. The predicted octanol–water partition coefficient (Wildman–Crippen LogP) is 5.45. The molecule has 0 aliphatic rings. The van der Waals surface area contributed by atoms with Crippen LogP contribution in [0, 0.1) is 13.8 Å². The lowest BCUT2D eigenvalue weighted by molar-refractivity contribution is 0.0755. The molecule has 6 nitrogen and oxygen atoms in total. The fraction of sp³-hybridized carbons (Fsp3) is 0.476. The van der Waals surface area contributed by atoms with Gasteiger partial charge in [-0.15, -0.1) is 0 Å². The van der Waals surface area contributed by atoms with E-state index >= 15 is 0 Å². The van der Waals surface area contributed by atoms with Gasteiger partial charge in [0.1, 0.15) is 4.88 Å². The van der Waals surface area contributed by atoms with E-state index in [1.165, 1.54) is 11.3 Å². The van der Waals surface area contributed by atoms with Gasteiger partial charge in [0, 0.05) is 18.8 Å². The summed E-state index contributed by atoms with van der Waals surface area (Å²) < 4.78 is 0. The molecule has 0 saturated heterocycles. The van der Waals surface area contributed by atoms with Crippen LogP contribution in [0.4, 0.5) is 15.6 Å². The Kier molecular flexibility index (Phi) is 8.44. The van der Waals surface area contributed by atoms with Crippen LogP contribution in [0.5, 0.6) is 0 Å². The van der Waals surface area contributed by atoms with Gasteiger partial charge in [0.05, 0.1) is 5.69 Å². The van der Waals surface area contributed by atoms with E-state index in [4.69, 9.17) is 0 Å². The molecule has 1 aromatic carbocycles. The summed E-state index contributed by atoms with van der Waals surface area (Å²) in [6.45, 7) is 9.55. The molecule has 0 bridgehead atoms. The van der Waals surface area contributed by atoms with Gasteiger partial charge in [-0.25, -0.2) is 9.78 Å². The molecular formula is C21H30N4O2S. The lowest BCUT2D eigenvalue weighted by Crippen LogP contribution is -2.32. The van der Waals surface area contributed by atoms with Gasteiger partial charge >= 0.3 is 6.03 Å². The van der Waals surface area contributed by atoms with Crippen molar-refractivity contribution in [1.29, 1.82) is 0 Å². The smallest absolute Gasteiger partial charge is 0.325 e. The number of benzene rings is 1. The minimum atomic E-state index is -0.370. The molecule has 2 N–H and O–H groups in total. The first-order chi connectivity index (χ1) is 13.4. The van der Waals surface area contributed by atoms with Crippen LogP contribution in [0.25, 0.3) is 0 Å². The van der Waals surface area contributed by atoms with Crippen LogP contribution in [0.1, 0.15) is 60.5 Å². The maximum absolute atomic E-state index is 13.0. The van der Waals surface area contributed by atoms with Gasteiger partial charge in [-0.2, -0.15) is 0 Å². The zero-order valence-corrected chi connectivity index (χ0v) is 18.0. The topological polar surface area (TPSA) is 74.3 Å². The summed E-state index contributed by atoms with van der Waals surface area (Å²) in [5.41, 5.74) is 2.48. The summed E-state index contributed by atoms with van der Waals surface area (Å²) in [6, 6.07) is 7.18. The number of urea groups is 1. The normalized spacial score (nSPS) is 10.6. The number of aryl methyl sites for hydroxylation is 2. The summed E-state index contributed by atoms with van der Waals surface area (Å²) >= 11 is 1.23. The van der Waals surface area contributed by atoms with Gasteiger partial charge in [0.25, 0.3) is 5.91 Å². The fourth-order valence-electron chi connectivity index (χ4n) is 2.70. The highest BCUT2D eigenvalue weighted by Crippen LogP contribution is 2.25. The molecule has 152 valence electrons. The van der Waals surface area contributed by atoms with Crippen LogP contribution >= 0.6 is 11.3 Å². The van der Waals surface area contributed by atoms with E-state index in [0.29, 0.717) is 21.4 Å². The van der Waals surface area contributed by atoms with Crippen LogP contribution < -0.4 is 10.6 Å². The number of amides is 3. The van der Waals surface area contributed by atoms with Gasteiger partial charge in [-0.05, 0) is 38.8 Å². The molecule has 1 aromatic heterocycles. The van der Waals surface area contributed by atoms with Crippen molar-refractivity contribution in [2.45, 2.75) is 53.4 Å². The number of rotatable bonds is 9. The molecular weight excluding hydrogens is 372 g/mol. The van der Waals surface area contributed by atoms with E-state index in [1.807, 2.05) is 43.0 Å². The van der Waals surface area contributed by atoms with Gasteiger partial charge in [-0.1, -0.05) is 55.7 Å². The lowest BCUT2D eigenvalue weighted by atomic mass is 10.2. The number of aromatic nitrogens is 1. The largest absolute Gasteiger partial charge is 0.338 e. The third-order valence-corrected chi connectivity index (χ3v) is 5.43. The van der Waals surface area contributed by atoms with Crippen LogP contribution in [-0.4, -0.2) is 34.9 Å². The first-order valence-corrected chi connectivity index (χ1v) is 10.7. The Morgan fingerprint density at radius 2 is 1.61 bits per heavy atom. The monoisotopic (exact) mass is 402 g/mol. The van der Waals surface area contributed by atoms with Crippen molar-refractivity contribution in [3.8, 4) is 0 Å².